The molecule has 0 spiro atoms. The summed E-state index contributed by atoms with van der Waals surface area (Å²) in [5.41, 5.74) is -0.810. The molecule has 146 valence electrons. The fraction of sp³-hybridized carbons (Fsp3) is 0.300. The molecule has 2 aliphatic heterocycles. The van der Waals surface area contributed by atoms with E-state index < -0.39 is 33.9 Å². The van der Waals surface area contributed by atoms with E-state index in [-0.39, 0.29) is 22.0 Å². The SMILES string of the molecule is CN1C(=O)O[C@H]2O[C@@](C)(c3ccc(S(=O)(=O)c4ccccc4)cc3)C(=O)C[C@H]21. The number of sulfone groups is 1. The first-order chi connectivity index (χ1) is 13.2. The Kier molecular flexibility index (Phi) is 4.28. The first kappa shape index (κ1) is 18.6. The first-order valence-corrected chi connectivity index (χ1v) is 10.3. The molecular formula is C20H19NO6S. The second-order valence-electron chi connectivity index (χ2n) is 7.05. The van der Waals surface area contributed by atoms with Crippen LogP contribution in [-0.2, 0) is 29.7 Å². The molecule has 2 heterocycles. The number of amides is 1. The maximum atomic E-state index is 12.8. The lowest BCUT2D eigenvalue weighted by Gasteiger charge is -2.38. The van der Waals surface area contributed by atoms with E-state index in [0.717, 1.165) is 0 Å². The molecule has 0 radical (unpaired) electrons. The molecular weight excluding hydrogens is 382 g/mol. The van der Waals surface area contributed by atoms with E-state index in [1.54, 1.807) is 44.3 Å². The molecule has 0 bridgehead atoms. The highest BCUT2D eigenvalue weighted by Crippen LogP contribution is 2.39. The number of carbonyl (C=O) groups is 2. The molecule has 2 aliphatic rings. The molecule has 0 saturated carbocycles. The van der Waals surface area contributed by atoms with Gasteiger partial charge < -0.3 is 14.4 Å². The third-order valence-electron chi connectivity index (χ3n) is 5.36. The van der Waals surface area contributed by atoms with Crippen LogP contribution in [0.15, 0.2) is 64.4 Å². The van der Waals surface area contributed by atoms with Crippen molar-refractivity contribution < 1.29 is 27.5 Å². The highest BCUT2D eigenvalue weighted by atomic mass is 32.2. The van der Waals surface area contributed by atoms with Gasteiger partial charge in [0, 0.05) is 13.5 Å². The quantitative estimate of drug-likeness (QED) is 0.785. The third-order valence-corrected chi connectivity index (χ3v) is 7.15. The summed E-state index contributed by atoms with van der Waals surface area (Å²) in [5.74, 6) is -0.197. The predicted octanol–water partition coefficient (Wildman–Crippen LogP) is 2.50. The van der Waals surface area contributed by atoms with E-state index in [1.807, 2.05) is 0 Å². The fourth-order valence-corrected chi connectivity index (χ4v) is 4.80. The van der Waals surface area contributed by atoms with Gasteiger partial charge in [-0.25, -0.2) is 13.2 Å². The number of hydrogen-bond acceptors (Lipinski definition) is 6. The lowest BCUT2D eigenvalue weighted by molar-refractivity contribution is -0.205. The van der Waals surface area contributed by atoms with Crippen molar-refractivity contribution in [3.63, 3.8) is 0 Å². The number of hydrogen-bond donors (Lipinski definition) is 0. The number of fused-ring (bicyclic) bond motifs is 1. The molecule has 1 amide bonds. The summed E-state index contributed by atoms with van der Waals surface area (Å²) in [6, 6.07) is 13.7. The lowest BCUT2D eigenvalue weighted by atomic mass is 9.85. The Morgan fingerprint density at radius 3 is 2.25 bits per heavy atom. The van der Waals surface area contributed by atoms with Gasteiger partial charge in [-0.3, -0.25) is 4.79 Å². The molecule has 2 saturated heterocycles. The van der Waals surface area contributed by atoms with Gasteiger partial charge in [0.15, 0.2) is 11.4 Å². The standard InChI is InChI=1S/C20H19NO6S/c1-20(17(22)12-16-18(27-20)26-19(23)21(16)2)13-8-10-15(11-9-13)28(24,25)14-6-4-3-5-7-14/h3-11,16,18H,12H2,1-2H3/t16-,18+,20+/m1/s1. The minimum absolute atomic E-state index is 0.105. The topological polar surface area (TPSA) is 90.0 Å². The molecule has 2 fully saturated rings. The maximum Gasteiger partial charge on any atom is 0.412 e. The smallest absolute Gasteiger partial charge is 0.412 e. The lowest BCUT2D eigenvalue weighted by Crippen LogP contribution is -2.51. The van der Waals surface area contributed by atoms with Crippen molar-refractivity contribution in [2.75, 3.05) is 7.05 Å². The van der Waals surface area contributed by atoms with E-state index in [4.69, 9.17) is 9.47 Å². The van der Waals surface area contributed by atoms with Crippen LogP contribution in [0.5, 0.6) is 0 Å². The summed E-state index contributed by atoms with van der Waals surface area (Å²) < 4.78 is 36.5. The molecule has 2 aromatic carbocycles. The van der Waals surface area contributed by atoms with E-state index >= 15 is 0 Å². The predicted molar refractivity (Wildman–Crippen MR) is 98.2 cm³/mol. The van der Waals surface area contributed by atoms with Crippen molar-refractivity contribution in [1.82, 2.24) is 4.90 Å². The van der Waals surface area contributed by atoms with Crippen LogP contribution in [0.1, 0.15) is 18.9 Å². The Balaban J connectivity index is 1.64. The third kappa shape index (κ3) is 2.80. The minimum atomic E-state index is -3.65. The van der Waals surface area contributed by atoms with Crippen molar-refractivity contribution >= 4 is 21.7 Å². The number of likely N-dealkylation sites (N-methyl/N-ethyl adjacent to an activating group) is 1. The number of Topliss-reactive ketones (excluding diaryl/α,β-unsaturated/α-hetero) is 1. The zero-order chi connectivity index (χ0) is 20.1. The van der Waals surface area contributed by atoms with E-state index in [0.29, 0.717) is 5.56 Å². The number of ether oxygens (including phenoxy) is 2. The van der Waals surface area contributed by atoms with Gasteiger partial charge in [-0.15, -0.1) is 0 Å². The van der Waals surface area contributed by atoms with Gasteiger partial charge >= 0.3 is 6.09 Å². The molecule has 3 atom stereocenters. The highest BCUT2D eigenvalue weighted by Gasteiger charge is 2.53. The Morgan fingerprint density at radius 2 is 1.61 bits per heavy atom. The molecule has 0 N–H and O–H groups in total. The van der Waals surface area contributed by atoms with Crippen LogP contribution in [-0.4, -0.2) is 44.6 Å². The second-order valence-corrected chi connectivity index (χ2v) is 9.00. The molecule has 8 heteroatoms. The van der Waals surface area contributed by atoms with Crippen molar-refractivity contribution in [3.05, 3.63) is 60.2 Å². The van der Waals surface area contributed by atoms with Crippen LogP contribution >= 0.6 is 0 Å². The molecule has 2 aromatic rings. The Bertz CT molecular complexity index is 1030. The van der Waals surface area contributed by atoms with Crippen LogP contribution in [0, 0.1) is 0 Å². The summed E-state index contributed by atoms with van der Waals surface area (Å²) in [6.07, 6.45) is -1.27. The number of nitrogens with zero attached hydrogens (tertiary/aromatic N) is 1. The van der Waals surface area contributed by atoms with Crippen LogP contribution in [0.25, 0.3) is 0 Å². The normalized spacial score (nSPS) is 27.4. The Morgan fingerprint density at radius 1 is 1.00 bits per heavy atom. The van der Waals surface area contributed by atoms with Crippen molar-refractivity contribution in [2.45, 2.75) is 41.1 Å². The van der Waals surface area contributed by atoms with Crippen LogP contribution < -0.4 is 0 Å². The van der Waals surface area contributed by atoms with Crippen LogP contribution in [0.3, 0.4) is 0 Å². The zero-order valence-electron chi connectivity index (χ0n) is 15.4. The molecule has 0 aliphatic carbocycles. The van der Waals surface area contributed by atoms with Crippen molar-refractivity contribution in [1.29, 1.82) is 0 Å². The number of ketones is 1. The fourth-order valence-electron chi connectivity index (χ4n) is 3.51. The van der Waals surface area contributed by atoms with Gasteiger partial charge in [-0.2, -0.15) is 0 Å². The molecule has 0 aromatic heterocycles. The maximum absolute atomic E-state index is 12.8. The number of benzene rings is 2. The summed E-state index contributed by atoms with van der Waals surface area (Å²) in [6.45, 7) is 1.61. The van der Waals surface area contributed by atoms with Crippen molar-refractivity contribution in [2.24, 2.45) is 0 Å². The van der Waals surface area contributed by atoms with E-state index in [9.17, 15) is 18.0 Å². The Hall–Kier alpha value is -2.71. The average molecular weight is 401 g/mol. The summed E-state index contributed by atoms with van der Waals surface area (Å²) in [5, 5.41) is 0. The first-order valence-electron chi connectivity index (χ1n) is 8.79. The zero-order valence-corrected chi connectivity index (χ0v) is 16.2. The molecule has 28 heavy (non-hydrogen) atoms. The monoisotopic (exact) mass is 401 g/mol. The van der Waals surface area contributed by atoms with Gasteiger partial charge in [-0.1, -0.05) is 30.3 Å². The van der Waals surface area contributed by atoms with Gasteiger partial charge in [0.05, 0.1) is 9.79 Å². The highest BCUT2D eigenvalue weighted by molar-refractivity contribution is 7.91. The average Bonchev–Trinajstić information content (AvgIpc) is 2.96. The number of carbonyl (C=O) groups excluding carboxylic acids is 2. The summed E-state index contributed by atoms with van der Waals surface area (Å²) in [7, 11) is -2.09. The molecule has 4 rings (SSSR count). The largest absolute Gasteiger partial charge is 0.417 e. The number of rotatable bonds is 3. The van der Waals surface area contributed by atoms with E-state index in [1.165, 1.54) is 29.2 Å². The van der Waals surface area contributed by atoms with E-state index in [2.05, 4.69) is 0 Å². The van der Waals surface area contributed by atoms with Gasteiger partial charge in [0.1, 0.15) is 6.04 Å². The minimum Gasteiger partial charge on any atom is -0.417 e. The van der Waals surface area contributed by atoms with Gasteiger partial charge in [0.25, 0.3) is 0 Å². The Labute approximate surface area is 162 Å². The molecule has 7 nitrogen and oxygen atoms in total. The van der Waals surface area contributed by atoms with Crippen LogP contribution in [0.4, 0.5) is 4.79 Å². The van der Waals surface area contributed by atoms with Gasteiger partial charge in [0.2, 0.25) is 16.1 Å². The second kappa shape index (κ2) is 6.42. The van der Waals surface area contributed by atoms with Gasteiger partial charge in [-0.05, 0) is 36.8 Å². The molecule has 0 unspecified atom stereocenters. The summed E-state index contributed by atoms with van der Waals surface area (Å²) >= 11 is 0. The van der Waals surface area contributed by atoms with Crippen LogP contribution in [0.2, 0.25) is 0 Å². The van der Waals surface area contributed by atoms with Crippen molar-refractivity contribution in [3.8, 4) is 0 Å². The summed E-state index contributed by atoms with van der Waals surface area (Å²) in [4.78, 5) is 26.2.